The molecule has 1 aromatic carbocycles. The van der Waals surface area contributed by atoms with Crippen molar-refractivity contribution in [1.82, 2.24) is 30.2 Å². The first-order chi connectivity index (χ1) is 19.2. The van der Waals surface area contributed by atoms with Crippen LogP contribution in [0.2, 0.25) is 5.15 Å². The van der Waals surface area contributed by atoms with Gasteiger partial charge >= 0.3 is 6.09 Å². The van der Waals surface area contributed by atoms with Gasteiger partial charge in [0.1, 0.15) is 23.0 Å². The predicted octanol–water partition coefficient (Wildman–Crippen LogP) is 2.10. The van der Waals surface area contributed by atoms with E-state index in [0.717, 1.165) is 12.1 Å². The summed E-state index contributed by atoms with van der Waals surface area (Å²) >= 11 is 5.74. The van der Waals surface area contributed by atoms with Crippen molar-refractivity contribution in [1.29, 1.82) is 0 Å². The van der Waals surface area contributed by atoms with Crippen LogP contribution < -0.4 is 15.1 Å². The Bertz CT molecular complexity index is 1380. The highest BCUT2D eigenvalue weighted by Crippen LogP contribution is 2.31. The lowest BCUT2D eigenvalue weighted by Crippen LogP contribution is -2.54. The van der Waals surface area contributed by atoms with Crippen LogP contribution in [0, 0.1) is 11.6 Å². The maximum atomic E-state index is 15.2. The summed E-state index contributed by atoms with van der Waals surface area (Å²) in [5.74, 6) is -2.46. The molecular formula is C25H25ClF2N8O4. The van der Waals surface area contributed by atoms with Crippen LogP contribution in [0.25, 0.3) is 0 Å². The molecule has 0 unspecified atom stereocenters. The molecule has 4 heterocycles. The molecule has 2 aliphatic rings. The Kier molecular flexibility index (Phi) is 7.78. The average molecular weight is 575 g/mol. The molecule has 3 amide bonds. The molecule has 3 aromatic rings. The molecule has 210 valence electrons. The van der Waals surface area contributed by atoms with Crippen molar-refractivity contribution in [3.05, 3.63) is 65.2 Å². The summed E-state index contributed by atoms with van der Waals surface area (Å²) in [6.07, 6.45) is 3.16. The van der Waals surface area contributed by atoms with Crippen molar-refractivity contribution in [2.24, 2.45) is 0 Å². The first kappa shape index (κ1) is 27.2. The predicted molar refractivity (Wildman–Crippen MR) is 139 cm³/mol. The van der Waals surface area contributed by atoms with Gasteiger partial charge in [-0.25, -0.2) is 23.2 Å². The van der Waals surface area contributed by atoms with E-state index in [9.17, 15) is 14.4 Å². The quantitative estimate of drug-likeness (QED) is 0.425. The minimum atomic E-state index is -0.834. The maximum absolute atomic E-state index is 15.2. The second kappa shape index (κ2) is 11.4. The van der Waals surface area contributed by atoms with Gasteiger partial charge in [-0.3, -0.25) is 14.5 Å². The van der Waals surface area contributed by atoms with Gasteiger partial charge in [-0.15, -0.1) is 5.10 Å². The number of rotatable bonds is 7. The van der Waals surface area contributed by atoms with Gasteiger partial charge in [0.15, 0.2) is 11.6 Å². The van der Waals surface area contributed by atoms with E-state index >= 15 is 8.78 Å². The van der Waals surface area contributed by atoms with E-state index in [1.807, 2.05) is 0 Å². The van der Waals surface area contributed by atoms with Crippen molar-refractivity contribution in [2.75, 3.05) is 42.5 Å². The number of halogens is 3. The molecule has 2 atom stereocenters. The normalized spacial score (nSPS) is 18.1. The lowest BCUT2D eigenvalue weighted by molar-refractivity contribution is -0.133. The third-order valence-corrected chi connectivity index (χ3v) is 6.89. The van der Waals surface area contributed by atoms with Gasteiger partial charge in [0.05, 0.1) is 30.5 Å². The van der Waals surface area contributed by atoms with Crippen LogP contribution in [0.5, 0.6) is 0 Å². The Morgan fingerprint density at radius 1 is 1.18 bits per heavy atom. The number of nitrogens with one attached hydrogen (secondary N) is 1. The number of cyclic esters (lactones) is 1. The number of piperazine rings is 1. The van der Waals surface area contributed by atoms with Gasteiger partial charge in [-0.2, -0.15) is 0 Å². The Morgan fingerprint density at radius 2 is 1.90 bits per heavy atom. The lowest BCUT2D eigenvalue weighted by Gasteiger charge is -2.37. The number of ether oxygens (including phenoxy) is 1. The monoisotopic (exact) mass is 574 g/mol. The number of anilines is 2. The van der Waals surface area contributed by atoms with E-state index in [1.54, 1.807) is 13.1 Å². The van der Waals surface area contributed by atoms with Crippen molar-refractivity contribution in [2.45, 2.75) is 25.6 Å². The summed E-state index contributed by atoms with van der Waals surface area (Å²) in [6, 6.07) is 4.34. The zero-order chi connectivity index (χ0) is 28.4. The molecule has 0 saturated carbocycles. The van der Waals surface area contributed by atoms with E-state index in [1.165, 1.54) is 43.9 Å². The number of nitrogens with zero attached hydrogens (tertiary/aromatic N) is 7. The summed E-state index contributed by atoms with van der Waals surface area (Å²) in [5.41, 5.74) is 0.0643. The van der Waals surface area contributed by atoms with Crippen LogP contribution in [-0.4, -0.2) is 87.7 Å². The topological polar surface area (TPSA) is 126 Å². The summed E-state index contributed by atoms with van der Waals surface area (Å²) in [6.45, 7) is 2.66. The minimum Gasteiger partial charge on any atom is -0.442 e. The number of carbonyl (C=O) groups excluding carboxylic acids is 3. The minimum absolute atomic E-state index is 0.0408. The second-order valence-electron chi connectivity index (χ2n) is 9.38. The largest absolute Gasteiger partial charge is 0.442 e. The first-order valence-electron chi connectivity index (χ1n) is 12.5. The summed E-state index contributed by atoms with van der Waals surface area (Å²) in [5, 5.41) is 10.4. The summed E-state index contributed by atoms with van der Waals surface area (Å²) in [7, 11) is 0. The third-order valence-electron chi connectivity index (χ3n) is 6.67. The van der Waals surface area contributed by atoms with Crippen LogP contribution in [0.1, 0.15) is 17.3 Å². The fourth-order valence-electron chi connectivity index (χ4n) is 4.65. The van der Waals surface area contributed by atoms with Gasteiger partial charge < -0.3 is 19.9 Å². The molecule has 1 N–H and O–H groups in total. The zero-order valence-electron chi connectivity index (χ0n) is 21.3. The molecule has 2 aromatic heterocycles. The molecule has 0 bridgehead atoms. The lowest BCUT2D eigenvalue weighted by atomic mass is 10.1. The van der Waals surface area contributed by atoms with E-state index < -0.39 is 35.8 Å². The number of pyridine rings is 1. The van der Waals surface area contributed by atoms with Gasteiger partial charge in [0, 0.05) is 50.7 Å². The van der Waals surface area contributed by atoms with Crippen LogP contribution in [0.15, 0.2) is 42.9 Å². The molecule has 0 aliphatic carbocycles. The molecule has 5 rings (SSSR count). The van der Waals surface area contributed by atoms with Crippen molar-refractivity contribution < 1.29 is 27.9 Å². The van der Waals surface area contributed by atoms with Gasteiger partial charge in [0.25, 0.3) is 5.91 Å². The summed E-state index contributed by atoms with van der Waals surface area (Å²) in [4.78, 5) is 45.7. The fraction of sp³-hybridized carbons (Fsp3) is 0.360. The van der Waals surface area contributed by atoms with Gasteiger partial charge in [-0.05, 0) is 19.1 Å². The second-order valence-corrected chi connectivity index (χ2v) is 9.76. The number of carbonyl (C=O) groups is 3. The average Bonchev–Trinajstić information content (AvgIpc) is 3.58. The SMILES string of the molecule is C[C@H](NC(=O)c1ccc(Cl)nc1)C(=O)N1CCN(c2c(F)cc(N3C[C@H](Cn4ccnn4)OC3=O)cc2F)CC1. The molecule has 2 saturated heterocycles. The van der Waals surface area contributed by atoms with E-state index in [-0.39, 0.29) is 67.3 Å². The van der Waals surface area contributed by atoms with Crippen LogP contribution in [0.4, 0.5) is 25.0 Å². The standard InChI is InChI=1S/C25H25ClF2N8O4/c1-15(31-23(37)16-2-3-21(26)29-12-16)24(38)34-8-6-33(7-9-34)22-19(27)10-17(11-20(22)28)36-14-18(40-25(36)39)13-35-5-4-30-32-35/h2-5,10-12,15,18H,6-9,13-14H2,1H3,(H,31,37)/t15-,18-/m0/s1. The van der Waals surface area contributed by atoms with Crippen LogP contribution in [0.3, 0.4) is 0 Å². The number of hydrogen-bond donors (Lipinski definition) is 1. The Labute approximate surface area is 232 Å². The van der Waals surface area contributed by atoms with E-state index in [4.69, 9.17) is 16.3 Å². The van der Waals surface area contributed by atoms with Crippen LogP contribution in [-0.2, 0) is 16.1 Å². The Balaban J connectivity index is 1.18. The Hall–Kier alpha value is -4.33. The van der Waals surface area contributed by atoms with Gasteiger partial charge in [-0.1, -0.05) is 16.8 Å². The number of benzene rings is 1. The molecule has 15 heteroatoms. The highest BCUT2D eigenvalue weighted by atomic mass is 35.5. The molecule has 2 fully saturated rings. The number of aromatic nitrogens is 4. The molecule has 12 nitrogen and oxygen atoms in total. The highest BCUT2D eigenvalue weighted by Gasteiger charge is 2.35. The molecular weight excluding hydrogens is 550 g/mol. The first-order valence-corrected chi connectivity index (χ1v) is 12.8. The number of hydrogen-bond acceptors (Lipinski definition) is 8. The van der Waals surface area contributed by atoms with Gasteiger partial charge in [0.2, 0.25) is 5.91 Å². The van der Waals surface area contributed by atoms with E-state index in [0.29, 0.717) is 0 Å². The van der Waals surface area contributed by atoms with Crippen molar-refractivity contribution in [3.8, 4) is 0 Å². The smallest absolute Gasteiger partial charge is 0.414 e. The Morgan fingerprint density at radius 3 is 2.52 bits per heavy atom. The van der Waals surface area contributed by atoms with Crippen molar-refractivity contribution in [3.63, 3.8) is 0 Å². The highest BCUT2D eigenvalue weighted by molar-refractivity contribution is 6.29. The zero-order valence-corrected chi connectivity index (χ0v) is 22.1. The third kappa shape index (κ3) is 5.81. The molecule has 0 spiro atoms. The number of amides is 3. The maximum Gasteiger partial charge on any atom is 0.414 e. The molecule has 0 radical (unpaired) electrons. The fourth-order valence-corrected chi connectivity index (χ4v) is 4.76. The van der Waals surface area contributed by atoms with E-state index in [2.05, 4.69) is 20.6 Å². The van der Waals surface area contributed by atoms with Crippen LogP contribution >= 0.6 is 11.6 Å². The molecule has 2 aliphatic heterocycles. The van der Waals surface area contributed by atoms with Crippen molar-refractivity contribution >= 4 is 40.9 Å². The summed E-state index contributed by atoms with van der Waals surface area (Å²) < 4.78 is 37.1. The molecule has 40 heavy (non-hydrogen) atoms.